The van der Waals surface area contributed by atoms with Crippen LogP contribution in [0.4, 0.5) is 17.6 Å². The summed E-state index contributed by atoms with van der Waals surface area (Å²) < 4.78 is 53.8. The van der Waals surface area contributed by atoms with Gasteiger partial charge in [0.05, 0.1) is 22.2 Å². The Labute approximate surface area is 162 Å². The van der Waals surface area contributed by atoms with Gasteiger partial charge in [-0.1, -0.05) is 41.9 Å². The lowest BCUT2D eigenvalue weighted by atomic mass is 10.00. The molecule has 0 aromatic heterocycles. The number of benzene rings is 2. The molecule has 0 aliphatic rings. The van der Waals surface area contributed by atoms with Crippen LogP contribution in [-0.4, -0.2) is 29.1 Å². The average molecular weight is 419 g/mol. The van der Waals surface area contributed by atoms with Gasteiger partial charge < -0.3 is 10.4 Å². The van der Waals surface area contributed by atoms with Crippen molar-refractivity contribution in [3.8, 4) is 0 Å². The van der Waals surface area contributed by atoms with Crippen LogP contribution in [-0.2, 0) is 17.4 Å². The zero-order chi connectivity index (χ0) is 21.1. The smallest absolute Gasteiger partial charge is 0.371 e. The molecule has 28 heavy (non-hydrogen) atoms. The molecule has 0 aliphatic heterocycles. The summed E-state index contributed by atoms with van der Waals surface area (Å²) >= 11 is 5.51. The Hall–Kier alpha value is -2.49. The van der Waals surface area contributed by atoms with Crippen molar-refractivity contribution in [2.45, 2.75) is 24.9 Å². The number of nitrogens with two attached hydrogens (primary N) is 1. The van der Waals surface area contributed by atoms with E-state index in [1.165, 1.54) is 0 Å². The molecule has 10 heteroatoms. The summed E-state index contributed by atoms with van der Waals surface area (Å²) in [4.78, 5) is 24.5. The van der Waals surface area contributed by atoms with Gasteiger partial charge in [-0.05, 0) is 24.1 Å². The van der Waals surface area contributed by atoms with Gasteiger partial charge >= 0.3 is 6.18 Å². The second-order valence-corrected chi connectivity index (χ2v) is 6.25. The van der Waals surface area contributed by atoms with Crippen LogP contribution >= 0.6 is 11.6 Å². The first-order valence-electron chi connectivity index (χ1n) is 7.89. The second-order valence-electron chi connectivity index (χ2n) is 5.84. The number of hydrogen-bond donors (Lipinski definition) is 3. The van der Waals surface area contributed by atoms with E-state index >= 15 is 0 Å². The summed E-state index contributed by atoms with van der Waals surface area (Å²) in [7, 11) is 0. The SMILES string of the molecule is NC(O)C(=O)[C@H](Cc1ccccc1)NC(=O)c1c(C(F)(F)F)ccc(Cl)c1F. The van der Waals surface area contributed by atoms with E-state index in [2.05, 4.69) is 0 Å². The Morgan fingerprint density at radius 1 is 1.14 bits per heavy atom. The molecule has 0 fully saturated rings. The van der Waals surface area contributed by atoms with Gasteiger partial charge in [-0.15, -0.1) is 0 Å². The van der Waals surface area contributed by atoms with Crippen LogP contribution in [0.2, 0.25) is 5.02 Å². The lowest BCUT2D eigenvalue weighted by Crippen LogP contribution is -2.49. The first-order valence-corrected chi connectivity index (χ1v) is 8.27. The number of hydrogen-bond acceptors (Lipinski definition) is 4. The number of amides is 1. The fourth-order valence-electron chi connectivity index (χ4n) is 2.52. The number of carbonyl (C=O) groups is 2. The zero-order valence-corrected chi connectivity index (χ0v) is 14.9. The molecule has 150 valence electrons. The van der Waals surface area contributed by atoms with Crippen LogP contribution < -0.4 is 11.1 Å². The highest BCUT2D eigenvalue weighted by Gasteiger charge is 2.38. The number of halogens is 5. The topological polar surface area (TPSA) is 92.4 Å². The molecule has 0 saturated heterocycles. The quantitative estimate of drug-likeness (QED) is 0.497. The minimum Gasteiger partial charge on any atom is -0.371 e. The van der Waals surface area contributed by atoms with Crippen molar-refractivity contribution in [1.82, 2.24) is 5.32 Å². The van der Waals surface area contributed by atoms with Crippen molar-refractivity contribution < 1.29 is 32.3 Å². The van der Waals surface area contributed by atoms with E-state index in [0.29, 0.717) is 17.7 Å². The maximum absolute atomic E-state index is 14.2. The van der Waals surface area contributed by atoms with Crippen molar-refractivity contribution >= 4 is 23.3 Å². The molecule has 1 amide bonds. The van der Waals surface area contributed by atoms with Crippen LogP contribution in [0.1, 0.15) is 21.5 Å². The van der Waals surface area contributed by atoms with Gasteiger partial charge in [-0.3, -0.25) is 15.3 Å². The number of aliphatic hydroxyl groups is 1. The van der Waals surface area contributed by atoms with Crippen LogP contribution in [0, 0.1) is 5.82 Å². The predicted octanol–water partition coefficient (Wildman–Crippen LogP) is 2.69. The van der Waals surface area contributed by atoms with E-state index in [1.54, 1.807) is 30.3 Å². The van der Waals surface area contributed by atoms with Gasteiger partial charge in [0.15, 0.2) is 17.8 Å². The molecule has 0 saturated carbocycles. The normalized spacial score (nSPS) is 13.7. The van der Waals surface area contributed by atoms with Gasteiger partial charge in [0.25, 0.3) is 5.91 Å². The molecule has 1 unspecified atom stereocenters. The summed E-state index contributed by atoms with van der Waals surface area (Å²) in [6, 6.07) is 7.79. The summed E-state index contributed by atoms with van der Waals surface area (Å²) in [5.74, 6) is -4.14. The standard InChI is InChI=1S/C18H15ClF4N2O3/c19-11-7-6-10(18(21,22)23)13(14(11)20)17(28)25-12(15(26)16(24)27)8-9-4-2-1-3-5-9/h1-7,12,16,27H,8,24H2,(H,25,28)/t12-,16?/m0/s1. The Bertz CT molecular complexity index is 873. The Morgan fingerprint density at radius 2 is 1.75 bits per heavy atom. The van der Waals surface area contributed by atoms with Crippen LogP contribution in [0.15, 0.2) is 42.5 Å². The maximum atomic E-state index is 14.2. The number of nitrogens with one attached hydrogen (secondary N) is 1. The van der Waals surface area contributed by atoms with E-state index in [-0.39, 0.29) is 6.42 Å². The number of carbonyl (C=O) groups excluding carboxylic acids is 2. The molecule has 0 aliphatic carbocycles. The molecular formula is C18H15ClF4N2O3. The van der Waals surface area contributed by atoms with Crippen molar-refractivity contribution in [3.63, 3.8) is 0 Å². The monoisotopic (exact) mass is 418 g/mol. The zero-order valence-electron chi connectivity index (χ0n) is 14.1. The second kappa shape index (κ2) is 8.68. The molecular weight excluding hydrogens is 404 g/mol. The summed E-state index contributed by atoms with van der Waals surface area (Å²) in [5, 5.41) is 10.7. The van der Waals surface area contributed by atoms with Crippen molar-refractivity contribution in [2.24, 2.45) is 5.73 Å². The molecule has 5 nitrogen and oxygen atoms in total. The van der Waals surface area contributed by atoms with Crippen molar-refractivity contribution in [1.29, 1.82) is 0 Å². The Balaban J connectivity index is 2.41. The minimum atomic E-state index is -5.04. The van der Waals surface area contributed by atoms with Gasteiger partial charge in [0.1, 0.15) is 0 Å². The van der Waals surface area contributed by atoms with E-state index in [0.717, 1.165) is 0 Å². The number of ketones is 1. The first-order chi connectivity index (χ1) is 13.0. The van der Waals surface area contributed by atoms with Crippen LogP contribution in [0.5, 0.6) is 0 Å². The van der Waals surface area contributed by atoms with Crippen LogP contribution in [0.25, 0.3) is 0 Å². The van der Waals surface area contributed by atoms with E-state index in [4.69, 9.17) is 17.3 Å². The van der Waals surface area contributed by atoms with Gasteiger partial charge in [-0.25, -0.2) is 4.39 Å². The van der Waals surface area contributed by atoms with Gasteiger partial charge in [-0.2, -0.15) is 13.2 Å². The molecule has 0 bridgehead atoms. The third kappa shape index (κ3) is 5.06. The van der Waals surface area contributed by atoms with E-state index in [9.17, 15) is 32.3 Å². The van der Waals surface area contributed by atoms with Crippen molar-refractivity contribution in [2.75, 3.05) is 0 Å². The fraction of sp³-hybridized carbons (Fsp3) is 0.222. The lowest BCUT2D eigenvalue weighted by molar-refractivity contribution is -0.138. The number of rotatable bonds is 6. The highest BCUT2D eigenvalue weighted by Crippen LogP contribution is 2.35. The van der Waals surface area contributed by atoms with Gasteiger partial charge in [0, 0.05) is 0 Å². The van der Waals surface area contributed by atoms with Gasteiger partial charge in [0.2, 0.25) is 0 Å². The largest absolute Gasteiger partial charge is 0.417 e. The third-order valence-corrected chi connectivity index (χ3v) is 4.14. The first kappa shape index (κ1) is 21.8. The molecule has 2 aromatic rings. The molecule has 2 atom stereocenters. The summed E-state index contributed by atoms with van der Waals surface area (Å²) in [5.41, 5.74) is 2.77. The molecule has 2 aromatic carbocycles. The predicted molar refractivity (Wildman–Crippen MR) is 93.0 cm³/mol. The highest BCUT2D eigenvalue weighted by atomic mass is 35.5. The summed E-state index contributed by atoms with van der Waals surface area (Å²) in [6.07, 6.45) is -7.20. The van der Waals surface area contributed by atoms with E-state index < -0.39 is 52.1 Å². The minimum absolute atomic E-state index is 0.177. The highest BCUT2D eigenvalue weighted by molar-refractivity contribution is 6.31. The van der Waals surface area contributed by atoms with E-state index in [1.807, 2.05) is 5.32 Å². The van der Waals surface area contributed by atoms with Crippen molar-refractivity contribution in [3.05, 3.63) is 70.0 Å². The fourth-order valence-corrected chi connectivity index (χ4v) is 2.68. The number of Topliss-reactive ketones (excluding diaryl/α,β-unsaturated/α-hetero) is 1. The maximum Gasteiger partial charge on any atom is 0.417 e. The number of alkyl halides is 3. The Morgan fingerprint density at radius 3 is 2.29 bits per heavy atom. The lowest BCUT2D eigenvalue weighted by Gasteiger charge is -2.21. The molecule has 0 radical (unpaired) electrons. The molecule has 0 heterocycles. The number of aliphatic hydroxyl groups excluding tert-OH is 1. The summed E-state index contributed by atoms with van der Waals surface area (Å²) in [6.45, 7) is 0. The molecule has 4 N–H and O–H groups in total. The molecule has 0 spiro atoms. The third-order valence-electron chi connectivity index (χ3n) is 3.85. The Kier molecular flexibility index (Phi) is 6.76. The molecule has 2 rings (SSSR count). The van der Waals surface area contributed by atoms with Crippen LogP contribution in [0.3, 0.4) is 0 Å². The average Bonchev–Trinajstić information content (AvgIpc) is 2.62.